The molecular formula is C29H25Cl2N3O3. The molecule has 1 spiro atoms. The summed E-state index contributed by atoms with van der Waals surface area (Å²) in [5.41, 5.74) is 3.80. The molecule has 2 aromatic carbocycles. The first kappa shape index (κ1) is 24.0. The van der Waals surface area contributed by atoms with Crippen molar-refractivity contribution in [3.05, 3.63) is 88.2 Å². The van der Waals surface area contributed by atoms with Crippen LogP contribution in [0.1, 0.15) is 60.7 Å². The van der Waals surface area contributed by atoms with Gasteiger partial charge in [-0.15, -0.1) is 0 Å². The number of rotatable bonds is 4. The smallest absolute Gasteiger partial charge is 0.290 e. The van der Waals surface area contributed by atoms with Gasteiger partial charge in [0, 0.05) is 39.2 Å². The Morgan fingerprint density at radius 1 is 0.973 bits per heavy atom. The molecule has 4 aromatic rings. The van der Waals surface area contributed by atoms with Gasteiger partial charge in [-0.3, -0.25) is 4.79 Å². The molecule has 8 heteroatoms. The third-order valence-corrected chi connectivity index (χ3v) is 7.88. The highest BCUT2D eigenvalue weighted by atomic mass is 35.5. The number of fused-ring (bicyclic) bond motifs is 1. The van der Waals surface area contributed by atoms with Gasteiger partial charge in [-0.05, 0) is 55.5 Å². The van der Waals surface area contributed by atoms with E-state index in [2.05, 4.69) is 16.5 Å². The van der Waals surface area contributed by atoms with Crippen LogP contribution in [0.3, 0.4) is 0 Å². The molecule has 1 atom stereocenters. The van der Waals surface area contributed by atoms with E-state index in [9.17, 15) is 4.79 Å². The number of nitrogens with zero attached hydrogens (tertiary/aromatic N) is 2. The van der Waals surface area contributed by atoms with Crippen molar-refractivity contribution in [3.8, 4) is 28.3 Å². The maximum Gasteiger partial charge on any atom is 0.290 e. The first-order chi connectivity index (χ1) is 18.0. The van der Waals surface area contributed by atoms with Gasteiger partial charge in [-0.25, -0.2) is 4.98 Å². The molecule has 0 bridgehead atoms. The molecule has 1 amide bonds. The van der Waals surface area contributed by atoms with E-state index in [4.69, 9.17) is 37.4 Å². The molecule has 2 aliphatic rings. The van der Waals surface area contributed by atoms with Gasteiger partial charge in [0.2, 0.25) is 11.6 Å². The number of ether oxygens (including phenoxy) is 1. The molecule has 0 radical (unpaired) electrons. The zero-order chi connectivity index (χ0) is 25.4. The molecule has 3 heterocycles. The average Bonchev–Trinajstić information content (AvgIpc) is 3.45. The first-order valence-corrected chi connectivity index (χ1v) is 13.2. The molecule has 1 aliphatic carbocycles. The lowest BCUT2D eigenvalue weighted by Gasteiger charge is -2.44. The van der Waals surface area contributed by atoms with Crippen molar-refractivity contribution in [2.24, 2.45) is 0 Å². The topological polar surface area (TPSA) is 77.2 Å². The van der Waals surface area contributed by atoms with Crippen LogP contribution in [0.4, 0.5) is 0 Å². The van der Waals surface area contributed by atoms with Gasteiger partial charge in [-0.2, -0.15) is 0 Å². The van der Waals surface area contributed by atoms with E-state index in [1.54, 1.807) is 6.07 Å². The highest BCUT2D eigenvalue weighted by molar-refractivity contribution is 6.33. The highest BCUT2D eigenvalue weighted by Crippen LogP contribution is 2.48. The SMILES string of the molecule is O=C(NC1CC2(CCCCC2)Oc2nc(-c3ccccc3Cl)c(-c3ccc(Cl)cc3)cc21)c1ccno1. The predicted molar refractivity (Wildman–Crippen MR) is 143 cm³/mol. The minimum Gasteiger partial charge on any atom is -0.471 e. The molecule has 1 N–H and O–H groups in total. The van der Waals surface area contributed by atoms with Crippen LogP contribution >= 0.6 is 23.2 Å². The fourth-order valence-electron chi connectivity index (χ4n) is 5.47. The lowest BCUT2D eigenvalue weighted by Crippen LogP contribution is -2.46. The average molecular weight is 534 g/mol. The minimum absolute atomic E-state index is 0.171. The van der Waals surface area contributed by atoms with Crippen molar-refractivity contribution in [1.29, 1.82) is 0 Å². The zero-order valence-corrected chi connectivity index (χ0v) is 21.6. The summed E-state index contributed by atoms with van der Waals surface area (Å²) in [6.07, 6.45) is 7.31. The maximum absolute atomic E-state index is 13.0. The Bertz CT molecular complexity index is 1430. The molecule has 6 rings (SSSR count). The number of hydrogen-bond acceptors (Lipinski definition) is 5. The summed E-state index contributed by atoms with van der Waals surface area (Å²) < 4.78 is 11.8. The van der Waals surface area contributed by atoms with Crippen molar-refractivity contribution in [1.82, 2.24) is 15.5 Å². The molecular weight excluding hydrogens is 509 g/mol. The van der Waals surface area contributed by atoms with Crippen LogP contribution in [0, 0.1) is 0 Å². The monoisotopic (exact) mass is 533 g/mol. The molecule has 188 valence electrons. The fraction of sp³-hybridized carbons (Fsp3) is 0.276. The molecule has 1 fully saturated rings. The van der Waals surface area contributed by atoms with Crippen molar-refractivity contribution in [3.63, 3.8) is 0 Å². The first-order valence-electron chi connectivity index (χ1n) is 12.5. The third-order valence-electron chi connectivity index (χ3n) is 7.30. The third kappa shape index (κ3) is 4.72. The summed E-state index contributed by atoms with van der Waals surface area (Å²) in [6, 6.07) is 18.6. The van der Waals surface area contributed by atoms with Crippen LogP contribution in [0.5, 0.6) is 5.88 Å². The number of amides is 1. The number of hydrogen-bond donors (Lipinski definition) is 1. The number of carbonyl (C=O) groups excluding carboxylic acids is 1. The predicted octanol–water partition coefficient (Wildman–Crippen LogP) is 7.67. The summed E-state index contributed by atoms with van der Waals surface area (Å²) in [7, 11) is 0. The number of benzene rings is 2. The Hall–Kier alpha value is -3.35. The van der Waals surface area contributed by atoms with Gasteiger partial charge in [0.1, 0.15) is 5.60 Å². The van der Waals surface area contributed by atoms with Gasteiger partial charge in [-0.1, -0.05) is 65.1 Å². The van der Waals surface area contributed by atoms with Crippen LogP contribution in [0.15, 0.2) is 71.4 Å². The Kier molecular flexibility index (Phi) is 6.39. The van der Waals surface area contributed by atoms with E-state index in [0.29, 0.717) is 22.3 Å². The molecule has 1 saturated carbocycles. The minimum atomic E-state index is -0.378. The van der Waals surface area contributed by atoms with Gasteiger partial charge < -0.3 is 14.6 Å². The normalized spacial score (nSPS) is 18.2. The highest BCUT2D eigenvalue weighted by Gasteiger charge is 2.44. The molecule has 1 unspecified atom stereocenters. The quantitative estimate of drug-likeness (QED) is 0.291. The van der Waals surface area contributed by atoms with E-state index >= 15 is 0 Å². The summed E-state index contributed by atoms with van der Waals surface area (Å²) >= 11 is 12.8. The summed E-state index contributed by atoms with van der Waals surface area (Å²) in [4.78, 5) is 18.1. The zero-order valence-electron chi connectivity index (χ0n) is 20.0. The van der Waals surface area contributed by atoms with Gasteiger partial charge in [0.05, 0.1) is 17.9 Å². The standard InChI is InChI=1S/C29H25Cl2N3O3/c30-19-10-8-18(9-11-19)21-16-22-24(33-27(35)25-12-15-32-37-25)17-29(13-4-1-5-14-29)36-28(22)34-26(21)20-6-2-3-7-23(20)31/h2-3,6-12,15-16,24H,1,4-5,13-14,17H2,(H,33,35). The van der Waals surface area contributed by atoms with Crippen LogP contribution in [0.2, 0.25) is 10.0 Å². The number of pyridine rings is 1. The van der Waals surface area contributed by atoms with Gasteiger partial charge >= 0.3 is 0 Å². The van der Waals surface area contributed by atoms with Crippen LogP contribution < -0.4 is 10.1 Å². The second-order valence-electron chi connectivity index (χ2n) is 9.72. The van der Waals surface area contributed by atoms with Gasteiger partial charge in [0.25, 0.3) is 5.91 Å². The Morgan fingerprint density at radius 3 is 2.49 bits per heavy atom. The van der Waals surface area contributed by atoms with Crippen molar-refractivity contribution >= 4 is 29.1 Å². The lowest BCUT2D eigenvalue weighted by atomic mass is 9.77. The van der Waals surface area contributed by atoms with E-state index < -0.39 is 0 Å². The Balaban J connectivity index is 1.52. The molecule has 2 aromatic heterocycles. The summed E-state index contributed by atoms with van der Waals surface area (Å²) in [6.45, 7) is 0. The lowest BCUT2D eigenvalue weighted by molar-refractivity contribution is -0.00642. The van der Waals surface area contributed by atoms with Crippen LogP contribution in [-0.4, -0.2) is 21.6 Å². The second kappa shape index (κ2) is 9.84. The maximum atomic E-state index is 13.0. The second-order valence-corrected chi connectivity index (χ2v) is 10.6. The van der Waals surface area contributed by atoms with E-state index in [0.717, 1.165) is 53.6 Å². The van der Waals surface area contributed by atoms with Crippen LogP contribution in [0.25, 0.3) is 22.4 Å². The number of nitrogens with one attached hydrogen (secondary N) is 1. The van der Waals surface area contributed by atoms with Crippen LogP contribution in [-0.2, 0) is 0 Å². The molecule has 6 nitrogen and oxygen atoms in total. The largest absolute Gasteiger partial charge is 0.471 e. The Morgan fingerprint density at radius 2 is 1.76 bits per heavy atom. The summed E-state index contributed by atoms with van der Waals surface area (Å²) in [5, 5.41) is 8.10. The van der Waals surface area contributed by atoms with E-state index in [1.807, 2.05) is 48.5 Å². The Labute approximate surface area is 224 Å². The number of halogens is 2. The van der Waals surface area contributed by atoms with Crippen molar-refractivity contribution in [2.75, 3.05) is 0 Å². The molecule has 0 saturated heterocycles. The van der Waals surface area contributed by atoms with Crippen molar-refractivity contribution in [2.45, 2.75) is 50.2 Å². The fourth-order valence-corrected chi connectivity index (χ4v) is 5.82. The van der Waals surface area contributed by atoms with E-state index in [1.165, 1.54) is 12.6 Å². The summed E-state index contributed by atoms with van der Waals surface area (Å²) in [5.74, 6) is 0.387. The molecule has 1 aliphatic heterocycles. The van der Waals surface area contributed by atoms with E-state index in [-0.39, 0.29) is 23.3 Å². The van der Waals surface area contributed by atoms with Crippen molar-refractivity contribution < 1.29 is 14.1 Å². The number of aromatic nitrogens is 2. The van der Waals surface area contributed by atoms with Gasteiger partial charge in [0.15, 0.2) is 0 Å². The number of carbonyl (C=O) groups is 1. The molecule has 37 heavy (non-hydrogen) atoms.